The molecule has 0 aliphatic heterocycles. The lowest BCUT2D eigenvalue weighted by atomic mass is 10.2. The molecule has 3 aromatic rings. The summed E-state index contributed by atoms with van der Waals surface area (Å²) in [6.45, 7) is 0.724. The second-order valence-corrected chi connectivity index (χ2v) is 5.80. The molecule has 0 fully saturated rings. The number of nitrogens with zero attached hydrogens (tertiary/aromatic N) is 2. The average molecular weight is 339 g/mol. The summed E-state index contributed by atoms with van der Waals surface area (Å²) in [6, 6.07) is 7.67. The minimum absolute atomic E-state index is 0.684. The van der Waals surface area contributed by atoms with E-state index < -0.39 is 0 Å². The monoisotopic (exact) mass is 339 g/mol. The normalized spacial score (nSPS) is 10.1. The molecule has 6 heteroatoms. The van der Waals surface area contributed by atoms with Crippen LogP contribution < -0.4 is 14.8 Å². The molecule has 0 unspecified atom stereocenters. The van der Waals surface area contributed by atoms with Gasteiger partial charge in [0.2, 0.25) is 0 Å². The van der Waals surface area contributed by atoms with Crippen molar-refractivity contribution in [1.82, 2.24) is 9.97 Å². The fraction of sp³-hybridized carbons (Fsp3) is 0.222. The van der Waals surface area contributed by atoms with Crippen LogP contribution in [-0.4, -0.2) is 30.7 Å². The minimum Gasteiger partial charge on any atom is -0.493 e. The number of ether oxygens (including phenoxy) is 2. The molecular weight excluding hydrogens is 322 g/mol. The van der Waals surface area contributed by atoms with E-state index in [9.17, 15) is 0 Å². The maximum atomic E-state index is 5.28. The summed E-state index contributed by atoms with van der Waals surface area (Å²) >= 11 is 1.61. The van der Waals surface area contributed by atoms with Crippen LogP contribution >= 0.6 is 11.3 Å². The lowest BCUT2D eigenvalue weighted by Gasteiger charge is -2.06. The zero-order valence-electron chi connectivity index (χ0n) is 13.5. The van der Waals surface area contributed by atoms with Crippen molar-refractivity contribution in [3.8, 4) is 23.3 Å². The van der Waals surface area contributed by atoms with Gasteiger partial charge in [-0.2, -0.15) is 0 Å². The molecule has 5 nitrogen and oxygen atoms in total. The summed E-state index contributed by atoms with van der Waals surface area (Å²) in [4.78, 5) is 9.51. The highest BCUT2D eigenvalue weighted by Crippen LogP contribution is 2.27. The van der Waals surface area contributed by atoms with Gasteiger partial charge in [0.15, 0.2) is 11.5 Å². The molecule has 1 aromatic carbocycles. The van der Waals surface area contributed by atoms with E-state index in [0.717, 1.165) is 28.1 Å². The highest BCUT2D eigenvalue weighted by molar-refractivity contribution is 7.16. The second kappa shape index (κ2) is 7.66. The van der Waals surface area contributed by atoms with Crippen LogP contribution in [0.5, 0.6) is 11.5 Å². The minimum atomic E-state index is 0.684. The van der Waals surface area contributed by atoms with Crippen LogP contribution in [0.2, 0.25) is 0 Å². The molecule has 0 bridgehead atoms. The van der Waals surface area contributed by atoms with Crippen LogP contribution in [0.25, 0.3) is 10.2 Å². The lowest BCUT2D eigenvalue weighted by molar-refractivity contribution is 0.355. The van der Waals surface area contributed by atoms with E-state index in [4.69, 9.17) is 9.47 Å². The number of hydrogen-bond donors (Lipinski definition) is 1. The van der Waals surface area contributed by atoms with Gasteiger partial charge in [-0.25, -0.2) is 9.97 Å². The number of fused-ring (bicyclic) bond motifs is 1. The van der Waals surface area contributed by atoms with Crippen molar-refractivity contribution in [2.45, 2.75) is 6.42 Å². The van der Waals surface area contributed by atoms with Gasteiger partial charge in [0, 0.05) is 18.5 Å². The van der Waals surface area contributed by atoms with Crippen molar-refractivity contribution in [1.29, 1.82) is 0 Å². The Bertz CT molecular complexity index is 896. The summed E-state index contributed by atoms with van der Waals surface area (Å²) < 4.78 is 10.5. The Morgan fingerprint density at radius 2 is 2.00 bits per heavy atom. The van der Waals surface area contributed by atoms with Crippen molar-refractivity contribution in [2.75, 3.05) is 26.1 Å². The summed E-state index contributed by atoms with van der Waals surface area (Å²) in [6.07, 6.45) is 2.29. The standard InChI is InChI=1S/C18H17N3O2S/c1-22-15-7-6-13(11-16(15)23-2)5-3-4-9-19-17-14-8-10-24-18(14)21-12-20-17/h6-8,10-12H,4,9H2,1-2H3,(H,19,20,21). The summed E-state index contributed by atoms with van der Waals surface area (Å²) in [7, 11) is 3.23. The van der Waals surface area contributed by atoms with Crippen LogP contribution in [0.3, 0.4) is 0 Å². The molecule has 0 aliphatic carbocycles. The topological polar surface area (TPSA) is 56.3 Å². The van der Waals surface area contributed by atoms with Gasteiger partial charge < -0.3 is 14.8 Å². The van der Waals surface area contributed by atoms with Gasteiger partial charge in [-0.3, -0.25) is 0 Å². The Morgan fingerprint density at radius 1 is 1.12 bits per heavy atom. The Morgan fingerprint density at radius 3 is 2.83 bits per heavy atom. The summed E-state index contributed by atoms with van der Waals surface area (Å²) in [5.74, 6) is 8.53. The zero-order valence-corrected chi connectivity index (χ0v) is 14.3. The number of aromatic nitrogens is 2. The van der Waals surface area contributed by atoms with Gasteiger partial charge >= 0.3 is 0 Å². The number of nitrogens with one attached hydrogen (secondary N) is 1. The van der Waals surface area contributed by atoms with E-state index in [1.807, 2.05) is 29.6 Å². The molecule has 0 saturated heterocycles. The summed E-state index contributed by atoms with van der Waals surface area (Å²) in [5, 5.41) is 6.38. The maximum Gasteiger partial charge on any atom is 0.161 e. The number of rotatable bonds is 5. The van der Waals surface area contributed by atoms with Gasteiger partial charge in [-0.05, 0) is 29.6 Å². The molecule has 0 aliphatic rings. The van der Waals surface area contributed by atoms with Gasteiger partial charge in [-0.1, -0.05) is 11.8 Å². The molecule has 0 saturated carbocycles. The third-order valence-corrected chi connectivity index (χ3v) is 4.24. The van der Waals surface area contributed by atoms with Crippen molar-refractivity contribution in [3.05, 3.63) is 41.5 Å². The van der Waals surface area contributed by atoms with Crippen molar-refractivity contribution >= 4 is 27.4 Å². The van der Waals surface area contributed by atoms with Gasteiger partial charge in [0.05, 0.1) is 19.6 Å². The number of thiophene rings is 1. The fourth-order valence-corrected chi connectivity index (χ4v) is 2.99. The smallest absolute Gasteiger partial charge is 0.161 e. The quantitative estimate of drug-likeness (QED) is 0.569. The van der Waals surface area contributed by atoms with Gasteiger partial charge in [-0.15, -0.1) is 11.3 Å². The van der Waals surface area contributed by atoms with E-state index >= 15 is 0 Å². The molecule has 0 atom stereocenters. The van der Waals surface area contributed by atoms with Crippen molar-refractivity contribution < 1.29 is 9.47 Å². The molecule has 0 spiro atoms. The van der Waals surface area contributed by atoms with Crippen LogP contribution in [-0.2, 0) is 0 Å². The van der Waals surface area contributed by atoms with Gasteiger partial charge in [0.1, 0.15) is 17.0 Å². The summed E-state index contributed by atoms with van der Waals surface area (Å²) in [5.41, 5.74) is 0.898. The predicted molar refractivity (Wildman–Crippen MR) is 96.9 cm³/mol. The average Bonchev–Trinajstić information content (AvgIpc) is 3.10. The number of anilines is 1. The van der Waals surface area contributed by atoms with E-state index in [2.05, 4.69) is 27.1 Å². The molecule has 1 N–H and O–H groups in total. The molecule has 2 heterocycles. The van der Waals surface area contributed by atoms with Crippen molar-refractivity contribution in [3.63, 3.8) is 0 Å². The molecule has 0 amide bonds. The van der Waals surface area contributed by atoms with Crippen molar-refractivity contribution in [2.24, 2.45) is 0 Å². The first-order valence-corrected chi connectivity index (χ1v) is 8.32. The first kappa shape index (κ1) is 16.1. The third kappa shape index (κ3) is 3.58. The van der Waals surface area contributed by atoms with E-state index in [-0.39, 0.29) is 0 Å². The Labute approximate surface area is 144 Å². The molecule has 3 rings (SSSR count). The van der Waals surface area contributed by atoms with E-state index in [0.29, 0.717) is 17.9 Å². The molecule has 24 heavy (non-hydrogen) atoms. The maximum absolute atomic E-state index is 5.28. The van der Waals surface area contributed by atoms with E-state index in [1.165, 1.54) is 0 Å². The highest BCUT2D eigenvalue weighted by atomic mass is 32.1. The number of methoxy groups -OCH3 is 2. The first-order valence-electron chi connectivity index (χ1n) is 7.45. The Balaban J connectivity index is 1.59. The largest absolute Gasteiger partial charge is 0.493 e. The van der Waals surface area contributed by atoms with Crippen LogP contribution in [0.1, 0.15) is 12.0 Å². The third-order valence-electron chi connectivity index (χ3n) is 3.42. The lowest BCUT2D eigenvalue weighted by Crippen LogP contribution is -2.02. The second-order valence-electron chi connectivity index (χ2n) is 4.91. The Hall–Kier alpha value is -2.78. The number of benzene rings is 1. The molecule has 122 valence electrons. The SMILES string of the molecule is COc1ccc(C#CCCNc2ncnc3sccc23)cc1OC. The van der Waals surface area contributed by atoms with Crippen LogP contribution in [0, 0.1) is 11.8 Å². The molecular formula is C18H17N3O2S. The fourth-order valence-electron chi connectivity index (χ4n) is 2.25. The Kier molecular flexibility index (Phi) is 5.14. The highest BCUT2D eigenvalue weighted by Gasteiger charge is 2.04. The number of hydrogen-bond acceptors (Lipinski definition) is 6. The predicted octanol–water partition coefficient (Wildman–Crippen LogP) is 3.56. The van der Waals surface area contributed by atoms with E-state index in [1.54, 1.807) is 31.9 Å². The van der Waals surface area contributed by atoms with Crippen LogP contribution in [0.4, 0.5) is 5.82 Å². The van der Waals surface area contributed by atoms with Crippen LogP contribution in [0.15, 0.2) is 36.0 Å². The first-order chi connectivity index (χ1) is 11.8. The molecule has 0 radical (unpaired) electrons. The zero-order chi connectivity index (χ0) is 16.8. The molecule has 2 aromatic heterocycles. The van der Waals surface area contributed by atoms with Gasteiger partial charge in [0.25, 0.3) is 0 Å².